The molecule has 0 spiro atoms. The van der Waals surface area contributed by atoms with Crippen LogP contribution < -0.4 is 15.5 Å². The molecule has 0 saturated carbocycles. The lowest BCUT2D eigenvalue weighted by Gasteiger charge is -2.36. The Bertz CT molecular complexity index is 1050. The first kappa shape index (κ1) is 22.4. The van der Waals surface area contributed by atoms with Gasteiger partial charge < -0.3 is 20.4 Å². The monoisotopic (exact) mass is 442 g/mol. The van der Waals surface area contributed by atoms with Gasteiger partial charge in [0.1, 0.15) is 0 Å². The maximum atomic E-state index is 12.8. The summed E-state index contributed by atoms with van der Waals surface area (Å²) in [6.45, 7) is 4.87. The van der Waals surface area contributed by atoms with Crippen LogP contribution >= 0.6 is 0 Å². The van der Waals surface area contributed by atoms with Crippen LogP contribution in [-0.2, 0) is 4.79 Å². The van der Waals surface area contributed by atoms with Crippen LogP contribution in [0.3, 0.4) is 0 Å². The highest BCUT2D eigenvalue weighted by atomic mass is 16.2. The Morgan fingerprint density at radius 3 is 1.94 bits per heavy atom. The van der Waals surface area contributed by atoms with Crippen LogP contribution in [0, 0.1) is 0 Å². The van der Waals surface area contributed by atoms with Gasteiger partial charge in [-0.05, 0) is 48.4 Å². The summed E-state index contributed by atoms with van der Waals surface area (Å²) < 4.78 is 0. The molecule has 1 unspecified atom stereocenters. The summed E-state index contributed by atoms with van der Waals surface area (Å²) in [7, 11) is 0. The highest BCUT2D eigenvalue weighted by Gasteiger charge is 2.22. The quantitative estimate of drug-likeness (QED) is 0.553. The van der Waals surface area contributed by atoms with Crippen LogP contribution in [0.2, 0.25) is 0 Å². The van der Waals surface area contributed by atoms with Crippen molar-refractivity contribution in [2.75, 3.05) is 41.7 Å². The normalized spacial score (nSPS) is 14.5. The largest absolute Gasteiger partial charge is 0.368 e. The second kappa shape index (κ2) is 10.7. The molecule has 1 saturated heterocycles. The van der Waals surface area contributed by atoms with Gasteiger partial charge in [0.25, 0.3) is 0 Å². The Morgan fingerprint density at radius 1 is 0.758 bits per heavy atom. The van der Waals surface area contributed by atoms with Crippen molar-refractivity contribution in [3.8, 4) is 0 Å². The zero-order valence-corrected chi connectivity index (χ0v) is 18.9. The average molecular weight is 443 g/mol. The van der Waals surface area contributed by atoms with E-state index in [9.17, 15) is 9.59 Å². The summed E-state index contributed by atoms with van der Waals surface area (Å²) in [5, 5.41) is 5.99. The van der Waals surface area contributed by atoms with Gasteiger partial charge in [-0.25, -0.2) is 4.79 Å². The average Bonchev–Trinajstić information content (AvgIpc) is 2.86. The van der Waals surface area contributed by atoms with E-state index in [1.54, 1.807) is 0 Å². The molecule has 0 bridgehead atoms. The van der Waals surface area contributed by atoms with Gasteiger partial charge in [0, 0.05) is 43.2 Å². The topological polar surface area (TPSA) is 64.7 Å². The zero-order valence-electron chi connectivity index (χ0n) is 18.9. The lowest BCUT2D eigenvalue weighted by atomic mass is 9.95. The minimum atomic E-state index is -0.166. The van der Waals surface area contributed by atoms with Crippen LogP contribution in [0.5, 0.6) is 0 Å². The number of para-hydroxylation sites is 1. The predicted octanol–water partition coefficient (Wildman–Crippen LogP) is 5.17. The third kappa shape index (κ3) is 5.71. The minimum absolute atomic E-state index is 0.00879. The SMILES string of the molecule is CCC(C(=O)Nc1ccc(N2CCN(C(=O)Nc3ccccc3)CC2)cc1)c1ccccc1. The van der Waals surface area contributed by atoms with Gasteiger partial charge in [0.2, 0.25) is 5.91 Å². The van der Waals surface area contributed by atoms with E-state index < -0.39 is 0 Å². The second-order valence-electron chi connectivity index (χ2n) is 8.18. The summed E-state index contributed by atoms with van der Waals surface area (Å²) in [5.41, 5.74) is 3.72. The molecule has 3 aromatic carbocycles. The summed E-state index contributed by atoms with van der Waals surface area (Å²) in [5.74, 6) is -0.157. The van der Waals surface area contributed by atoms with Gasteiger partial charge in [-0.15, -0.1) is 0 Å². The number of nitrogens with zero attached hydrogens (tertiary/aromatic N) is 2. The lowest BCUT2D eigenvalue weighted by molar-refractivity contribution is -0.117. The fraction of sp³-hybridized carbons (Fsp3) is 0.259. The number of benzene rings is 3. The molecule has 6 heteroatoms. The number of nitrogens with one attached hydrogen (secondary N) is 2. The van der Waals surface area contributed by atoms with Crippen molar-refractivity contribution in [1.82, 2.24) is 4.90 Å². The van der Waals surface area contributed by atoms with Crippen LogP contribution in [0.1, 0.15) is 24.8 Å². The molecule has 0 aromatic heterocycles. The molecule has 1 aliphatic heterocycles. The smallest absolute Gasteiger partial charge is 0.321 e. The standard InChI is InChI=1S/C27H30N4O2/c1-2-25(21-9-5-3-6-10-21)26(32)28-23-13-15-24(16-14-23)30-17-19-31(20-18-30)27(33)29-22-11-7-4-8-12-22/h3-16,25H,2,17-20H2,1H3,(H,28,32)(H,29,33). The van der Waals surface area contributed by atoms with Gasteiger partial charge in [-0.1, -0.05) is 55.5 Å². The van der Waals surface area contributed by atoms with E-state index >= 15 is 0 Å². The number of piperazine rings is 1. The first-order valence-electron chi connectivity index (χ1n) is 11.5. The van der Waals surface area contributed by atoms with Crippen molar-refractivity contribution >= 4 is 29.0 Å². The first-order valence-corrected chi connectivity index (χ1v) is 11.5. The molecule has 1 fully saturated rings. The molecule has 2 N–H and O–H groups in total. The molecule has 1 heterocycles. The van der Waals surface area contributed by atoms with Gasteiger partial charge >= 0.3 is 6.03 Å². The Labute approximate surface area is 195 Å². The van der Waals surface area contributed by atoms with Crippen LogP contribution in [0.25, 0.3) is 0 Å². The molecule has 1 atom stereocenters. The van der Waals surface area contributed by atoms with Gasteiger partial charge in [0.15, 0.2) is 0 Å². The van der Waals surface area contributed by atoms with Crippen LogP contribution in [0.4, 0.5) is 21.9 Å². The Kier molecular flexibility index (Phi) is 7.25. The molecule has 0 radical (unpaired) electrons. The van der Waals surface area contributed by atoms with Crippen molar-refractivity contribution in [2.24, 2.45) is 0 Å². The van der Waals surface area contributed by atoms with Gasteiger partial charge in [-0.3, -0.25) is 4.79 Å². The predicted molar refractivity (Wildman–Crippen MR) is 134 cm³/mol. The van der Waals surface area contributed by atoms with Crippen LogP contribution in [-0.4, -0.2) is 43.0 Å². The fourth-order valence-electron chi connectivity index (χ4n) is 4.13. The number of anilines is 3. The Hall–Kier alpha value is -3.80. The van der Waals surface area contributed by atoms with E-state index in [0.717, 1.165) is 42.1 Å². The van der Waals surface area contributed by atoms with Crippen molar-refractivity contribution in [3.05, 3.63) is 90.5 Å². The van der Waals surface area contributed by atoms with Gasteiger partial charge in [-0.2, -0.15) is 0 Å². The maximum Gasteiger partial charge on any atom is 0.321 e. The van der Waals surface area contributed by atoms with E-state index in [-0.39, 0.29) is 17.9 Å². The molecule has 3 aromatic rings. The third-order valence-electron chi connectivity index (χ3n) is 6.02. The van der Waals surface area contributed by atoms with E-state index in [2.05, 4.69) is 15.5 Å². The maximum absolute atomic E-state index is 12.8. The molecule has 6 nitrogen and oxygen atoms in total. The summed E-state index contributed by atoms with van der Waals surface area (Å²) >= 11 is 0. The first-order chi connectivity index (χ1) is 16.1. The molecule has 0 aliphatic carbocycles. The molecule has 170 valence electrons. The van der Waals surface area contributed by atoms with Crippen molar-refractivity contribution in [1.29, 1.82) is 0 Å². The van der Waals surface area contributed by atoms with E-state index in [4.69, 9.17) is 0 Å². The number of rotatable bonds is 6. The fourth-order valence-corrected chi connectivity index (χ4v) is 4.13. The van der Waals surface area contributed by atoms with Crippen molar-refractivity contribution in [2.45, 2.75) is 19.3 Å². The summed E-state index contributed by atoms with van der Waals surface area (Å²) in [6.07, 6.45) is 0.746. The molecule has 3 amide bonds. The number of carbonyl (C=O) groups excluding carboxylic acids is 2. The summed E-state index contributed by atoms with van der Waals surface area (Å²) in [4.78, 5) is 29.4. The number of amides is 3. The third-order valence-corrected chi connectivity index (χ3v) is 6.02. The van der Waals surface area contributed by atoms with Crippen LogP contribution in [0.15, 0.2) is 84.9 Å². The van der Waals surface area contributed by atoms with Crippen molar-refractivity contribution in [3.63, 3.8) is 0 Å². The second-order valence-corrected chi connectivity index (χ2v) is 8.18. The minimum Gasteiger partial charge on any atom is -0.368 e. The lowest BCUT2D eigenvalue weighted by Crippen LogP contribution is -2.50. The van der Waals surface area contributed by atoms with Crippen molar-refractivity contribution < 1.29 is 9.59 Å². The Morgan fingerprint density at radius 2 is 1.33 bits per heavy atom. The van der Waals surface area contributed by atoms with E-state index in [0.29, 0.717) is 13.1 Å². The van der Waals surface area contributed by atoms with Gasteiger partial charge in [0.05, 0.1) is 5.92 Å². The van der Waals surface area contributed by atoms with E-state index in [1.807, 2.05) is 96.8 Å². The number of urea groups is 1. The number of carbonyl (C=O) groups is 2. The molecule has 1 aliphatic rings. The van der Waals surface area contributed by atoms with E-state index in [1.165, 1.54) is 0 Å². The molecular formula is C27H30N4O2. The number of hydrogen-bond donors (Lipinski definition) is 2. The molecule has 33 heavy (non-hydrogen) atoms. The molecule has 4 rings (SSSR count). The highest BCUT2D eigenvalue weighted by Crippen LogP contribution is 2.24. The highest BCUT2D eigenvalue weighted by molar-refractivity contribution is 5.96. The molecular weight excluding hydrogens is 412 g/mol. The number of hydrogen-bond acceptors (Lipinski definition) is 3. The summed E-state index contributed by atoms with van der Waals surface area (Å²) in [6, 6.07) is 27.3. The zero-order chi connectivity index (χ0) is 23.0. The Balaban J connectivity index is 1.30.